The van der Waals surface area contributed by atoms with Crippen molar-refractivity contribution in [2.45, 2.75) is 11.3 Å². The zero-order valence-corrected chi connectivity index (χ0v) is 14.6. The third-order valence-corrected chi connectivity index (χ3v) is 4.04. The number of para-hydroxylation sites is 1. The van der Waals surface area contributed by atoms with Crippen LogP contribution in [0.15, 0.2) is 59.5 Å². The standard InChI is InChI=1S/C17H18N2O6S/c18-26(22,23)15-8-4-5-13(11-15)19-16(20)12-25-17(21)9-10-24-14-6-2-1-3-7-14/h1-8,11H,9-10,12H2,(H,19,20)(H2,18,22,23). The van der Waals surface area contributed by atoms with Gasteiger partial charge in [0, 0.05) is 5.69 Å². The quantitative estimate of drug-likeness (QED) is 0.667. The average Bonchev–Trinajstić information content (AvgIpc) is 2.60. The van der Waals surface area contributed by atoms with Crippen LogP contribution in [0, 0.1) is 0 Å². The number of primary sulfonamides is 1. The van der Waals surface area contributed by atoms with Crippen LogP contribution in [0.3, 0.4) is 0 Å². The van der Waals surface area contributed by atoms with E-state index in [1.54, 1.807) is 12.1 Å². The second-order valence-corrected chi connectivity index (χ2v) is 6.75. The molecule has 138 valence electrons. The lowest BCUT2D eigenvalue weighted by Gasteiger charge is -2.08. The van der Waals surface area contributed by atoms with Crippen molar-refractivity contribution in [3.63, 3.8) is 0 Å². The highest BCUT2D eigenvalue weighted by atomic mass is 32.2. The zero-order valence-electron chi connectivity index (χ0n) is 13.8. The van der Waals surface area contributed by atoms with Crippen LogP contribution in [0.1, 0.15) is 6.42 Å². The molecule has 9 heteroatoms. The predicted molar refractivity (Wildman–Crippen MR) is 94.0 cm³/mol. The van der Waals surface area contributed by atoms with Gasteiger partial charge >= 0.3 is 5.97 Å². The van der Waals surface area contributed by atoms with E-state index in [0.717, 1.165) is 0 Å². The second kappa shape index (κ2) is 8.97. The van der Waals surface area contributed by atoms with Gasteiger partial charge in [0.25, 0.3) is 5.91 Å². The van der Waals surface area contributed by atoms with Crippen LogP contribution in [0.2, 0.25) is 0 Å². The number of anilines is 1. The van der Waals surface area contributed by atoms with E-state index in [2.05, 4.69) is 5.32 Å². The molecule has 0 radical (unpaired) electrons. The van der Waals surface area contributed by atoms with Crippen LogP contribution in [0.5, 0.6) is 5.75 Å². The Morgan fingerprint density at radius 1 is 1.04 bits per heavy atom. The van der Waals surface area contributed by atoms with Gasteiger partial charge < -0.3 is 14.8 Å². The molecule has 0 heterocycles. The summed E-state index contributed by atoms with van der Waals surface area (Å²) in [5.74, 6) is -0.559. The van der Waals surface area contributed by atoms with Gasteiger partial charge in [-0.1, -0.05) is 24.3 Å². The molecule has 0 saturated carbocycles. The highest BCUT2D eigenvalue weighted by Gasteiger charge is 2.11. The highest BCUT2D eigenvalue weighted by molar-refractivity contribution is 7.89. The Hall–Kier alpha value is -2.91. The maximum atomic E-state index is 11.8. The van der Waals surface area contributed by atoms with E-state index in [-0.39, 0.29) is 23.6 Å². The minimum atomic E-state index is -3.87. The smallest absolute Gasteiger partial charge is 0.309 e. The summed E-state index contributed by atoms with van der Waals surface area (Å²) >= 11 is 0. The van der Waals surface area contributed by atoms with E-state index in [4.69, 9.17) is 14.6 Å². The Morgan fingerprint density at radius 3 is 2.46 bits per heavy atom. The maximum Gasteiger partial charge on any atom is 0.309 e. The van der Waals surface area contributed by atoms with E-state index in [9.17, 15) is 18.0 Å². The van der Waals surface area contributed by atoms with Crippen molar-refractivity contribution >= 4 is 27.6 Å². The number of rotatable bonds is 8. The molecule has 0 aromatic heterocycles. The summed E-state index contributed by atoms with van der Waals surface area (Å²) in [4.78, 5) is 23.2. The van der Waals surface area contributed by atoms with Crippen LogP contribution >= 0.6 is 0 Å². The fourth-order valence-electron chi connectivity index (χ4n) is 1.94. The van der Waals surface area contributed by atoms with E-state index in [0.29, 0.717) is 5.75 Å². The molecule has 3 N–H and O–H groups in total. The highest BCUT2D eigenvalue weighted by Crippen LogP contribution is 2.14. The van der Waals surface area contributed by atoms with Crippen LogP contribution in [-0.4, -0.2) is 33.5 Å². The number of hydrogen-bond donors (Lipinski definition) is 2. The number of nitrogens with one attached hydrogen (secondary N) is 1. The Balaban J connectivity index is 1.73. The summed E-state index contributed by atoms with van der Waals surface area (Å²) in [7, 11) is -3.87. The van der Waals surface area contributed by atoms with E-state index in [1.165, 1.54) is 24.3 Å². The van der Waals surface area contributed by atoms with Crippen molar-refractivity contribution in [2.24, 2.45) is 5.14 Å². The van der Waals surface area contributed by atoms with Crippen molar-refractivity contribution in [3.8, 4) is 5.75 Å². The van der Waals surface area contributed by atoms with Crippen LogP contribution in [0.4, 0.5) is 5.69 Å². The van der Waals surface area contributed by atoms with Crippen molar-refractivity contribution in [3.05, 3.63) is 54.6 Å². The molecular weight excluding hydrogens is 360 g/mol. The molecule has 1 amide bonds. The van der Waals surface area contributed by atoms with Crippen molar-refractivity contribution in [1.29, 1.82) is 0 Å². The maximum absolute atomic E-state index is 11.8. The van der Waals surface area contributed by atoms with Gasteiger partial charge in [-0.3, -0.25) is 9.59 Å². The minimum Gasteiger partial charge on any atom is -0.493 e. The first kappa shape index (κ1) is 19.4. The normalized spacial score (nSPS) is 10.8. The molecule has 0 saturated heterocycles. The van der Waals surface area contributed by atoms with Gasteiger partial charge in [0.15, 0.2) is 6.61 Å². The number of hydrogen-bond acceptors (Lipinski definition) is 6. The first-order valence-electron chi connectivity index (χ1n) is 7.61. The van der Waals surface area contributed by atoms with E-state index < -0.39 is 28.5 Å². The Kier molecular flexibility index (Phi) is 6.70. The molecule has 26 heavy (non-hydrogen) atoms. The summed E-state index contributed by atoms with van der Waals surface area (Å²) in [5.41, 5.74) is 0.227. The number of esters is 1. The fraction of sp³-hybridized carbons (Fsp3) is 0.176. The molecule has 0 unspecified atom stereocenters. The molecule has 0 spiro atoms. The SMILES string of the molecule is NS(=O)(=O)c1cccc(NC(=O)COC(=O)CCOc2ccccc2)c1. The van der Waals surface area contributed by atoms with Gasteiger partial charge in [0.1, 0.15) is 5.75 Å². The summed E-state index contributed by atoms with van der Waals surface area (Å²) in [6.07, 6.45) is -0.0108. The molecule has 8 nitrogen and oxygen atoms in total. The third kappa shape index (κ3) is 6.54. The summed E-state index contributed by atoms with van der Waals surface area (Å²) in [6, 6.07) is 14.4. The number of benzene rings is 2. The number of amides is 1. The van der Waals surface area contributed by atoms with Crippen molar-refractivity contribution in [2.75, 3.05) is 18.5 Å². The van der Waals surface area contributed by atoms with Gasteiger partial charge in [-0.2, -0.15) is 0 Å². The largest absolute Gasteiger partial charge is 0.493 e. The van der Waals surface area contributed by atoms with Gasteiger partial charge in [-0.05, 0) is 30.3 Å². The Morgan fingerprint density at radius 2 is 1.77 bits per heavy atom. The molecule has 0 aliphatic carbocycles. The molecule has 0 atom stereocenters. The number of ether oxygens (including phenoxy) is 2. The van der Waals surface area contributed by atoms with Crippen LogP contribution in [-0.2, 0) is 24.3 Å². The molecule has 0 bridgehead atoms. The Bertz CT molecular complexity index is 868. The monoisotopic (exact) mass is 378 g/mol. The van der Waals surface area contributed by atoms with E-state index >= 15 is 0 Å². The minimum absolute atomic E-state index is 0.0108. The first-order chi connectivity index (χ1) is 12.3. The molecule has 2 aromatic carbocycles. The lowest BCUT2D eigenvalue weighted by molar-refractivity contribution is -0.147. The number of carbonyl (C=O) groups excluding carboxylic acids is 2. The summed E-state index contributed by atoms with van der Waals surface area (Å²) in [5, 5.41) is 7.45. The first-order valence-corrected chi connectivity index (χ1v) is 9.15. The van der Waals surface area contributed by atoms with Crippen molar-refractivity contribution in [1.82, 2.24) is 0 Å². The zero-order chi connectivity index (χ0) is 19.0. The van der Waals surface area contributed by atoms with Crippen LogP contribution < -0.4 is 15.2 Å². The van der Waals surface area contributed by atoms with Crippen molar-refractivity contribution < 1.29 is 27.5 Å². The summed E-state index contributed by atoms with van der Waals surface area (Å²) in [6.45, 7) is -0.370. The third-order valence-electron chi connectivity index (χ3n) is 3.13. The lowest BCUT2D eigenvalue weighted by Crippen LogP contribution is -2.22. The van der Waals surface area contributed by atoms with E-state index in [1.807, 2.05) is 18.2 Å². The average molecular weight is 378 g/mol. The molecule has 0 aliphatic heterocycles. The second-order valence-electron chi connectivity index (χ2n) is 5.19. The van der Waals surface area contributed by atoms with Crippen LogP contribution in [0.25, 0.3) is 0 Å². The molecule has 2 aromatic rings. The number of carbonyl (C=O) groups is 2. The molecule has 0 aliphatic rings. The molecular formula is C17H18N2O6S. The number of sulfonamides is 1. The number of nitrogens with two attached hydrogens (primary N) is 1. The lowest BCUT2D eigenvalue weighted by atomic mass is 10.3. The Labute approximate surface area is 151 Å². The van der Waals surface area contributed by atoms with Gasteiger partial charge in [-0.25, -0.2) is 13.6 Å². The molecule has 0 fully saturated rings. The molecule has 2 rings (SSSR count). The summed E-state index contributed by atoms with van der Waals surface area (Å²) < 4.78 is 32.7. The van der Waals surface area contributed by atoms with Gasteiger partial charge in [-0.15, -0.1) is 0 Å². The predicted octanol–water partition coefficient (Wildman–Crippen LogP) is 1.28. The topological polar surface area (TPSA) is 125 Å². The van der Waals surface area contributed by atoms with Gasteiger partial charge in [0.2, 0.25) is 10.0 Å². The fourth-order valence-corrected chi connectivity index (χ4v) is 2.49. The van der Waals surface area contributed by atoms with Gasteiger partial charge in [0.05, 0.1) is 17.9 Å².